The summed E-state index contributed by atoms with van der Waals surface area (Å²) in [6.07, 6.45) is 5.68. The van der Waals surface area contributed by atoms with Crippen LogP contribution in [-0.2, 0) is 0 Å². The normalized spacial score (nSPS) is 30.4. The van der Waals surface area contributed by atoms with E-state index in [0.717, 1.165) is 6.04 Å². The van der Waals surface area contributed by atoms with Gasteiger partial charge in [0, 0.05) is 32.2 Å². The summed E-state index contributed by atoms with van der Waals surface area (Å²) >= 11 is 0. The summed E-state index contributed by atoms with van der Waals surface area (Å²) in [6.45, 7) is 9.76. The first-order chi connectivity index (χ1) is 6.67. The molecule has 2 aliphatic rings. The van der Waals surface area contributed by atoms with E-state index in [1.165, 1.54) is 51.9 Å². The van der Waals surface area contributed by atoms with Crippen molar-refractivity contribution in [2.45, 2.75) is 45.6 Å². The summed E-state index contributed by atoms with van der Waals surface area (Å²) in [6, 6.07) is 0.894. The second-order valence-electron chi connectivity index (χ2n) is 5.68. The number of piperazine rings is 1. The minimum atomic E-state index is 0.616. The van der Waals surface area contributed by atoms with Crippen LogP contribution < -0.4 is 5.32 Å². The second-order valence-corrected chi connectivity index (χ2v) is 5.68. The Morgan fingerprint density at radius 1 is 1.07 bits per heavy atom. The van der Waals surface area contributed by atoms with Gasteiger partial charge in [-0.3, -0.25) is 4.90 Å². The Morgan fingerprint density at radius 3 is 2.21 bits per heavy atom. The van der Waals surface area contributed by atoms with E-state index in [2.05, 4.69) is 24.1 Å². The first kappa shape index (κ1) is 10.4. The number of nitrogens with zero attached hydrogens (tertiary/aromatic N) is 1. The van der Waals surface area contributed by atoms with E-state index >= 15 is 0 Å². The van der Waals surface area contributed by atoms with Crippen LogP contribution in [0.2, 0.25) is 0 Å². The van der Waals surface area contributed by atoms with Gasteiger partial charge in [0.2, 0.25) is 0 Å². The van der Waals surface area contributed by atoms with E-state index in [1.807, 2.05) is 0 Å². The molecule has 1 aliphatic heterocycles. The molecule has 0 aromatic carbocycles. The Balaban J connectivity index is 1.82. The SMILES string of the molecule is CC1(C)CCC(N2CCNCC2)CC1. The van der Waals surface area contributed by atoms with Crippen LogP contribution in [0, 0.1) is 5.41 Å². The lowest BCUT2D eigenvalue weighted by atomic mass is 9.75. The van der Waals surface area contributed by atoms with Gasteiger partial charge in [-0.15, -0.1) is 0 Å². The van der Waals surface area contributed by atoms with Crippen molar-refractivity contribution < 1.29 is 0 Å². The Kier molecular flexibility index (Phi) is 3.13. The molecule has 2 heteroatoms. The Bertz CT molecular complexity index is 173. The molecule has 1 heterocycles. The van der Waals surface area contributed by atoms with Crippen LogP contribution in [0.5, 0.6) is 0 Å². The Hall–Kier alpha value is -0.0800. The average Bonchev–Trinajstić information content (AvgIpc) is 2.19. The van der Waals surface area contributed by atoms with Gasteiger partial charge >= 0.3 is 0 Å². The number of hydrogen-bond acceptors (Lipinski definition) is 2. The summed E-state index contributed by atoms with van der Waals surface area (Å²) < 4.78 is 0. The largest absolute Gasteiger partial charge is 0.314 e. The molecule has 1 aliphatic carbocycles. The molecule has 1 saturated heterocycles. The highest BCUT2D eigenvalue weighted by molar-refractivity contribution is 4.85. The molecular weight excluding hydrogens is 172 g/mol. The van der Waals surface area contributed by atoms with Crippen molar-refractivity contribution in [3.05, 3.63) is 0 Å². The van der Waals surface area contributed by atoms with E-state index < -0.39 is 0 Å². The van der Waals surface area contributed by atoms with Crippen LogP contribution in [0.3, 0.4) is 0 Å². The van der Waals surface area contributed by atoms with Crippen molar-refractivity contribution in [2.24, 2.45) is 5.41 Å². The zero-order valence-electron chi connectivity index (χ0n) is 9.68. The molecule has 82 valence electrons. The molecule has 0 atom stereocenters. The minimum Gasteiger partial charge on any atom is -0.314 e. The van der Waals surface area contributed by atoms with Gasteiger partial charge in [-0.25, -0.2) is 0 Å². The van der Waals surface area contributed by atoms with Crippen molar-refractivity contribution in [1.82, 2.24) is 10.2 Å². The Morgan fingerprint density at radius 2 is 1.64 bits per heavy atom. The molecule has 0 aromatic heterocycles. The fraction of sp³-hybridized carbons (Fsp3) is 1.00. The van der Waals surface area contributed by atoms with Gasteiger partial charge in [-0.1, -0.05) is 13.8 Å². The topological polar surface area (TPSA) is 15.3 Å². The molecule has 0 unspecified atom stereocenters. The van der Waals surface area contributed by atoms with Crippen LogP contribution in [0.15, 0.2) is 0 Å². The summed E-state index contributed by atoms with van der Waals surface area (Å²) in [5.74, 6) is 0. The molecule has 2 fully saturated rings. The third kappa shape index (κ3) is 2.48. The highest BCUT2D eigenvalue weighted by Crippen LogP contribution is 2.36. The van der Waals surface area contributed by atoms with E-state index in [9.17, 15) is 0 Å². The quantitative estimate of drug-likeness (QED) is 0.688. The summed E-state index contributed by atoms with van der Waals surface area (Å²) in [4.78, 5) is 2.70. The predicted molar refractivity (Wildman–Crippen MR) is 60.5 cm³/mol. The molecule has 0 radical (unpaired) electrons. The number of hydrogen-bond donors (Lipinski definition) is 1. The predicted octanol–water partition coefficient (Wildman–Crippen LogP) is 1.86. The molecule has 14 heavy (non-hydrogen) atoms. The fourth-order valence-corrected chi connectivity index (χ4v) is 2.80. The standard InChI is InChI=1S/C12H24N2/c1-12(2)5-3-11(4-6-12)14-9-7-13-8-10-14/h11,13H,3-10H2,1-2H3. The summed E-state index contributed by atoms with van der Waals surface area (Å²) in [5, 5.41) is 3.43. The van der Waals surface area contributed by atoms with Crippen LogP contribution in [0.1, 0.15) is 39.5 Å². The maximum atomic E-state index is 3.43. The van der Waals surface area contributed by atoms with E-state index in [1.54, 1.807) is 0 Å². The van der Waals surface area contributed by atoms with Gasteiger partial charge < -0.3 is 5.32 Å². The summed E-state index contributed by atoms with van der Waals surface area (Å²) in [7, 11) is 0. The van der Waals surface area contributed by atoms with Gasteiger partial charge in [-0.2, -0.15) is 0 Å². The smallest absolute Gasteiger partial charge is 0.0110 e. The molecule has 0 aromatic rings. The zero-order chi connectivity index (χ0) is 10.0. The molecule has 0 spiro atoms. The minimum absolute atomic E-state index is 0.616. The molecule has 2 rings (SSSR count). The third-order valence-corrected chi connectivity index (χ3v) is 3.98. The van der Waals surface area contributed by atoms with Gasteiger partial charge in [0.25, 0.3) is 0 Å². The average molecular weight is 196 g/mol. The van der Waals surface area contributed by atoms with Crippen molar-refractivity contribution in [1.29, 1.82) is 0 Å². The fourth-order valence-electron chi connectivity index (χ4n) is 2.80. The first-order valence-corrected chi connectivity index (χ1v) is 6.12. The van der Waals surface area contributed by atoms with Crippen LogP contribution in [-0.4, -0.2) is 37.1 Å². The molecule has 0 bridgehead atoms. The van der Waals surface area contributed by atoms with Crippen molar-refractivity contribution >= 4 is 0 Å². The molecule has 0 amide bonds. The molecule has 2 nitrogen and oxygen atoms in total. The van der Waals surface area contributed by atoms with E-state index in [4.69, 9.17) is 0 Å². The van der Waals surface area contributed by atoms with Gasteiger partial charge in [0.1, 0.15) is 0 Å². The van der Waals surface area contributed by atoms with Crippen molar-refractivity contribution in [2.75, 3.05) is 26.2 Å². The lowest BCUT2D eigenvalue weighted by molar-refractivity contribution is 0.0964. The maximum absolute atomic E-state index is 3.43. The number of rotatable bonds is 1. The van der Waals surface area contributed by atoms with Crippen molar-refractivity contribution in [3.63, 3.8) is 0 Å². The monoisotopic (exact) mass is 196 g/mol. The van der Waals surface area contributed by atoms with Crippen molar-refractivity contribution in [3.8, 4) is 0 Å². The van der Waals surface area contributed by atoms with Gasteiger partial charge in [0.15, 0.2) is 0 Å². The van der Waals surface area contributed by atoms with Gasteiger partial charge in [-0.05, 0) is 31.1 Å². The van der Waals surface area contributed by atoms with E-state index in [-0.39, 0.29) is 0 Å². The molecule has 1 saturated carbocycles. The van der Waals surface area contributed by atoms with Crippen LogP contribution in [0.4, 0.5) is 0 Å². The van der Waals surface area contributed by atoms with Crippen LogP contribution >= 0.6 is 0 Å². The summed E-state index contributed by atoms with van der Waals surface area (Å²) in [5.41, 5.74) is 0.616. The first-order valence-electron chi connectivity index (χ1n) is 6.12. The number of nitrogens with one attached hydrogen (secondary N) is 1. The zero-order valence-corrected chi connectivity index (χ0v) is 9.68. The third-order valence-electron chi connectivity index (χ3n) is 3.98. The van der Waals surface area contributed by atoms with Gasteiger partial charge in [0.05, 0.1) is 0 Å². The lowest BCUT2D eigenvalue weighted by Gasteiger charge is -2.41. The highest BCUT2D eigenvalue weighted by Gasteiger charge is 2.30. The van der Waals surface area contributed by atoms with Crippen LogP contribution in [0.25, 0.3) is 0 Å². The highest BCUT2D eigenvalue weighted by atomic mass is 15.2. The molecule has 1 N–H and O–H groups in total. The lowest BCUT2D eigenvalue weighted by Crippen LogP contribution is -2.49. The van der Waals surface area contributed by atoms with E-state index in [0.29, 0.717) is 5.41 Å². The second kappa shape index (κ2) is 4.19. The maximum Gasteiger partial charge on any atom is 0.0110 e. The molecular formula is C12H24N2. The Labute approximate surface area is 88.1 Å².